The second kappa shape index (κ2) is 3.37. The molecule has 0 aliphatic heterocycles. The predicted octanol–water partition coefficient (Wildman–Crippen LogP) is 3.52. The average Bonchev–Trinajstić information content (AvgIpc) is 2.56. The molecule has 1 nitrogen and oxygen atoms in total. The molecule has 0 amide bonds. The molecule has 1 N–H and O–H groups in total. The number of rotatable bonds is 3. The van der Waals surface area contributed by atoms with Crippen molar-refractivity contribution in [2.45, 2.75) is 31.8 Å². The average molecular weight is 261 g/mol. The maximum absolute atomic E-state index is 10.2. The van der Waals surface area contributed by atoms with E-state index in [-0.39, 0.29) is 0 Å². The Kier molecular flexibility index (Phi) is 2.51. The quantitative estimate of drug-likeness (QED) is 0.882. The molecule has 1 aliphatic carbocycles. The summed E-state index contributed by atoms with van der Waals surface area (Å²) < 4.78 is 1.07. The maximum Gasteiger partial charge on any atom is 0.103 e. The third-order valence-electron chi connectivity index (χ3n) is 2.72. The van der Waals surface area contributed by atoms with Gasteiger partial charge in [0.2, 0.25) is 0 Å². The zero-order valence-corrected chi connectivity index (χ0v) is 9.99. The minimum atomic E-state index is -0.497. The molecule has 1 aromatic rings. The number of halogens is 1. The lowest BCUT2D eigenvalue weighted by atomic mass is 10.1. The van der Waals surface area contributed by atoms with Crippen molar-refractivity contribution in [1.29, 1.82) is 0 Å². The van der Waals surface area contributed by atoms with Crippen molar-refractivity contribution in [3.63, 3.8) is 0 Å². The summed E-state index contributed by atoms with van der Waals surface area (Å²) in [7, 11) is 0. The van der Waals surface area contributed by atoms with Crippen molar-refractivity contribution in [3.05, 3.63) is 20.8 Å². The van der Waals surface area contributed by atoms with E-state index in [1.54, 1.807) is 11.3 Å². The molecule has 3 heteroatoms. The van der Waals surface area contributed by atoms with Crippen LogP contribution < -0.4 is 0 Å². The molecule has 0 spiro atoms. The van der Waals surface area contributed by atoms with Gasteiger partial charge in [0.1, 0.15) is 5.60 Å². The Morgan fingerprint density at radius 3 is 3.08 bits per heavy atom. The first-order valence-electron chi connectivity index (χ1n) is 4.64. The number of hydrogen-bond donors (Lipinski definition) is 1. The number of hydrogen-bond acceptors (Lipinski definition) is 2. The van der Waals surface area contributed by atoms with Gasteiger partial charge in [0.05, 0.1) is 4.88 Å². The molecule has 2 rings (SSSR count). The van der Waals surface area contributed by atoms with Crippen molar-refractivity contribution >= 4 is 27.3 Å². The van der Waals surface area contributed by atoms with Crippen LogP contribution in [0.5, 0.6) is 0 Å². The van der Waals surface area contributed by atoms with Crippen LogP contribution in [0, 0.1) is 5.92 Å². The van der Waals surface area contributed by atoms with Gasteiger partial charge in [-0.3, -0.25) is 0 Å². The van der Waals surface area contributed by atoms with Crippen LogP contribution in [0.1, 0.15) is 31.1 Å². The fourth-order valence-electron chi connectivity index (χ4n) is 1.89. The molecule has 1 saturated carbocycles. The molecular formula is C10H13BrOS. The summed E-state index contributed by atoms with van der Waals surface area (Å²) in [5, 5.41) is 12.3. The second-order valence-corrected chi connectivity index (χ2v) is 5.48. The van der Waals surface area contributed by atoms with Crippen LogP contribution >= 0.6 is 27.3 Å². The van der Waals surface area contributed by atoms with E-state index in [4.69, 9.17) is 0 Å². The lowest BCUT2D eigenvalue weighted by molar-refractivity contribution is 0.132. The Bertz CT molecular complexity index is 310. The molecule has 0 aromatic carbocycles. The van der Waals surface area contributed by atoms with E-state index in [9.17, 15) is 5.11 Å². The van der Waals surface area contributed by atoms with E-state index in [0.29, 0.717) is 5.92 Å². The van der Waals surface area contributed by atoms with E-state index in [2.05, 4.69) is 22.9 Å². The topological polar surface area (TPSA) is 20.2 Å². The predicted molar refractivity (Wildman–Crippen MR) is 58.9 cm³/mol. The molecule has 1 aromatic heterocycles. The third kappa shape index (κ3) is 1.58. The van der Waals surface area contributed by atoms with Gasteiger partial charge in [0.25, 0.3) is 0 Å². The maximum atomic E-state index is 10.2. The van der Waals surface area contributed by atoms with Crippen LogP contribution in [-0.4, -0.2) is 5.11 Å². The van der Waals surface area contributed by atoms with E-state index in [0.717, 1.165) is 28.6 Å². The van der Waals surface area contributed by atoms with E-state index >= 15 is 0 Å². The van der Waals surface area contributed by atoms with E-state index in [1.807, 2.05) is 11.4 Å². The zero-order chi connectivity index (χ0) is 9.47. The van der Waals surface area contributed by atoms with E-state index in [1.165, 1.54) is 0 Å². The molecule has 1 aliphatic rings. The highest BCUT2D eigenvalue weighted by Gasteiger charge is 2.54. The van der Waals surface area contributed by atoms with Gasteiger partial charge >= 0.3 is 0 Å². The van der Waals surface area contributed by atoms with Crippen LogP contribution in [0.2, 0.25) is 0 Å². The van der Waals surface area contributed by atoms with Gasteiger partial charge in [-0.1, -0.05) is 13.3 Å². The lowest BCUT2D eigenvalue weighted by Crippen LogP contribution is -2.06. The van der Waals surface area contributed by atoms with Gasteiger partial charge in [-0.2, -0.15) is 0 Å². The Morgan fingerprint density at radius 1 is 1.77 bits per heavy atom. The SMILES string of the molecule is CCCC1CC1(O)c1sccc1Br. The smallest absolute Gasteiger partial charge is 0.103 e. The monoisotopic (exact) mass is 260 g/mol. The summed E-state index contributed by atoms with van der Waals surface area (Å²) >= 11 is 5.12. The zero-order valence-electron chi connectivity index (χ0n) is 7.59. The van der Waals surface area contributed by atoms with Crippen LogP contribution in [0.3, 0.4) is 0 Å². The Balaban J connectivity index is 2.15. The van der Waals surface area contributed by atoms with Crippen molar-refractivity contribution in [2.24, 2.45) is 5.92 Å². The first-order chi connectivity index (χ1) is 6.18. The minimum Gasteiger partial charge on any atom is -0.384 e. The first-order valence-corrected chi connectivity index (χ1v) is 6.31. The van der Waals surface area contributed by atoms with Crippen molar-refractivity contribution in [1.82, 2.24) is 0 Å². The first kappa shape index (κ1) is 9.69. The summed E-state index contributed by atoms with van der Waals surface area (Å²) in [5.41, 5.74) is -0.497. The van der Waals surface area contributed by atoms with E-state index < -0.39 is 5.60 Å². The standard InChI is InChI=1S/C10H13BrOS/c1-2-3-7-6-10(7,12)9-8(11)4-5-13-9/h4-5,7,12H,2-3,6H2,1H3. The lowest BCUT2D eigenvalue weighted by Gasteiger charge is -2.08. The highest BCUT2D eigenvalue weighted by atomic mass is 79.9. The fraction of sp³-hybridized carbons (Fsp3) is 0.600. The molecule has 1 fully saturated rings. The molecule has 0 radical (unpaired) electrons. The molecule has 1 heterocycles. The van der Waals surface area contributed by atoms with Gasteiger partial charge in [-0.15, -0.1) is 11.3 Å². The molecule has 13 heavy (non-hydrogen) atoms. The summed E-state index contributed by atoms with van der Waals surface area (Å²) in [5.74, 6) is 0.493. The molecule has 0 bridgehead atoms. The Morgan fingerprint density at radius 2 is 2.54 bits per heavy atom. The van der Waals surface area contributed by atoms with Crippen molar-refractivity contribution in [2.75, 3.05) is 0 Å². The second-order valence-electron chi connectivity index (χ2n) is 3.71. The Hall–Kier alpha value is 0.140. The summed E-state index contributed by atoms with van der Waals surface area (Å²) in [6.07, 6.45) is 3.25. The van der Waals surface area contributed by atoms with Gasteiger partial charge < -0.3 is 5.11 Å². The summed E-state index contributed by atoms with van der Waals surface area (Å²) in [6.45, 7) is 2.17. The normalized spacial score (nSPS) is 32.1. The van der Waals surface area contributed by atoms with Gasteiger partial charge in [-0.05, 0) is 46.1 Å². The third-order valence-corrected chi connectivity index (χ3v) is 4.72. The molecule has 2 atom stereocenters. The summed E-state index contributed by atoms with van der Waals surface area (Å²) in [4.78, 5) is 1.12. The molecule has 2 unspecified atom stereocenters. The van der Waals surface area contributed by atoms with Gasteiger partial charge in [0, 0.05) is 4.47 Å². The van der Waals surface area contributed by atoms with Crippen molar-refractivity contribution in [3.8, 4) is 0 Å². The highest BCUT2D eigenvalue weighted by Crippen LogP contribution is 2.57. The van der Waals surface area contributed by atoms with Crippen LogP contribution in [0.4, 0.5) is 0 Å². The summed E-state index contributed by atoms with van der Waals surface area (Å²) in [6, 6.07) is 2.01. The molecular weight excluding hydrogens is 248 g/mol. The largest absolute Gasteiger partial charge is 0.384 e. The molecule has 72 valence electrons. The highest BCUT2D eigenvalue weighted by molar-refractivity contribution is 9.10. The van der Waals surface area contributed by atoms with Crippen LogP contribution in [0.15, 0.2) is 15.9 Å². The van der Waals surface area contributed by atoms with Crippen LogP contribution in [-0.2, 0) is 5.60 Å². The fourth-order valence-corrected chi connectivity index (χ4v) is 3.79. The molecule has 0 saturated heterocycles. The number of thiophene rings is 1. The van der Waals surface area contributed by atoms with Crippen molar-refractivity contribution < 1.29 is 5.11 Å². The minimum absolute atomic E-state index is 0.493. The van der Waals surface area contributed by atoms with Gasteiger partial charge in [0.15, 0.2) is 0 Å². The Labute approximate surface area is 90.9 Å². The van der Waals surface area contributed by atoms with Gasteiger partial charge in [-0.25, -0.2) is 0 Å². The number of aliphatic hydroxyl groups is 1. The van der Waals surface area contributed by atoms with Crippen LogP contribution in [0.25, 0.3) is 0 Å².